The second kappa shape index (κ2) is 5.39. The predicted molar refractivity (Wildman–Crippen MR) is 81.7 cm³/mol. The van der Waals surface area contributed by atoms with E-state index in [2.05, 4.69) is 35.4 Å². The van der Waals surface area contributed by atoms with Gasteiger partial charge in [0.15, 0.2) is 0 Å². The first-order chi connectivity index (χ1) is 9.74. The summed E-state index contributed by atoms with van der Waals surface area (Å²) in [5.41, 5.74) is 3.51. The topological polar surface area (TPSA) is 48.0 Å². The molecule has 0 bridgehead atoms. The van der Waals surface area contributed by atoms with E-state index in [1.54, 1.807) is 12.1 Å². The molecule has 2 aromatic carbocycles. The van der Waals surface area contributed by atoms with Gasteiger partial charge in [0.05, 0.1) is 0 Å². The molecule has 0 saturated carbocycles. The predicted octanol–water partition coefficient (Wildman–Crippen LogP) is 3.72. The molecule has 0 spiro atoms. The van der Waals surface area contributed by atoms with E-state index in [1.807, 2.05) is 24.4 Å². The van der Waals surface area contributed by atoms with Crippen molar-refractivity contribution in [3.05, 3.63) is 65.9 Å². The van der Waals surface area contributed by atoms with Crippen LogP contribution >= 0.6 is 0 Å². The normalized spacial score (nSPS) is 12.7. The Morgan fingerprint density at radius 3 is 2.85 bits per heavy atom. The van der Waals surface area contributed by atoms with Crippen molar-refractivity contribution in [3.8, 4) is 5.75 Å². The standard InChI is InChI=1S/C17H18N2O/c1-12(13-5-4-6-15(20)9-13)18-10-14-11-19-17-8-3-2-7-16(14)17/h2-9,11-12,18-20H,10H2,1H3. The highest BCUT2D eigenvalue weighted by Crippen LogP contribution is 2.21. The summed E-state index contributed by atoms with van der Waals surface area (Å²) >= 11 is 0. The summed E-state index contributed by atoms with van der Waals surface area (Å²) in [4.78, 5) is 3.28. The summed E-state index contributed by atoms with van der Waals surface area (Å²) in [7, 11) is 0. The van der Waals surface area contributed by atoms with Crippen LogP contribution < -0.4 is 5.32 Å². The lowest BCUT2D eigenvalue weighted by atomic mass is 10.1. The minimum Gasteiger partial charge on any atom is -0.508 e. The van der Waals surface area contributed by atoms with Gasteiger partial charge in [0.1, 0.15) is 5.75 Å². The van der Waals surface area contributed by atoms with E-state index in [-0.39, 0.29) is 6.04 Å². The van der Waals surface area contributed by atoms with Gasteiger partial charge in [-0.3, -0.25) is 0 Å². The number of aromatic amines is 1. The lowest BCUT2D eigenvalue weighted by Gasteiger charge is -2.14. The SMILES string of the molecule is CC(NCc1c[nH]c2ccccc12)c1cccc(O)c1. The molecule has 1 heterocycles. The van der Waals surface area contributed by atoms with Crippen LogP contribution in [0.15, 0.2) is 54.7 Å². The van der Waals surface area contributed by atoms with Gasteiger partial charge >= 0.3 is 0 Å². The zero-order valence-electron chi connectivity index (χ0n) is 11.4. The summed E-state index contributed by atoms with van der Waals surface area (Å²) < 4.78 is 0. The molecule has 3 N–H and O–H groups in total. The Balaban J connectivity index is 1.73. The number of rotatable bonds is 4. The maximum atomic E-state index is 9.52. The van der Waals surface area contributed by atoms with Crippen molar-refractivity contribution in [3.63, 3.8) is 0 Å². The van der Waals surface area contributed by atoms with Gasteiger partial charge in [0.2, 0.25) is 0 Å². The molecule has 0 radical (unpaired) electrons. The molecule has 1 unspecified atom stereocenters. The van der Waals surface area contributed by atoms with E-state index in [0.717, 1.165) is 17.6 Å². The molecule has 102 valence electrons. The fraction of sp³-hybridized carbons (Fsp3) is 0.176. The molecule has 0 fully saturated rings. The van der Waals surface area contributed by atoms with Crippen molar-refractivity contribution >= 4 is 10.9 Å². The Hall–Kier alpha value is -2.26. The molecular weight excluding hydrogens is 248 g/mol. The zero-order chi connectivity index (χ0) is 13.9. The number of aromatic nitrogens is 1. The molecule has 3 rings (SSSR count). The molecule has 1 atom stereocenters. The molecule has 3 heteroatoms. The number of para-hydroxylation sites is 1. The highest BCUT2D eigenvalue weighted by molar-refractivity contribution is 5.82. The highest BCUT2D eigenvalue weighted by atomic mass is 16.3. The lowest BCUT2D eigenvalue weighted by Crippen LogP contribution is -2.17. The molecule has 0 aliphatic heterocycles. The highest BCUT2D eigenvalue weighted by Gasteiger charge is 2.07. The van der Waals surface area contributed by atoms with Gasteiger partial charge in [0.25, 0.3) is 0 Å². The van der Waals surface area contributed by atoms with Crippen molar-refractivity contribution in [2.45, 2.75) is 19.5 Å². The van der Waals surface area contributed by atoms with Crippen LogP contribution in [0.4, 0.5) is 0 Å². The largest absolute Gasteiger partial charge is 0.508 e. The average Bonchev–Trinajstić information content (AvgIpc) is 2.88. The average molecular weight is 266 g/mol. The van der Waals surface area contributed by atoms with Crippen molar-refractivity contribution in [2.75, 3.05) is 0 Å². The van der Waals surface area contributed by atoms with Gasteiger partial charge < -0.3 is 15.4 Å². The third-order valence-electron chi connectivity index (χ3n) is 3.64. The Bertz CT molecular complexity index is 718. The second-order valence-electron chi connectivity index (χ2n) is 5.06. The number of H-pyrrole nitrogens is 1. The maximum absolute atomic E-state index is 9.52. The molecule has 20 heavy (non-hydrogen) atoms. The molecule has 1 aromatic heterocycles. The third-order valence-corrected chi connectivity index (χ3v) is 3.64. The Morgan fingerprint density at radius 1 is 1.15 bits per heavy atom. The van der Waals surface area contributed by atoms with Crippen LogP contribution in [0.5, 0.6) is 5.75 Å². The first-order valence-corrected chi connectivity index (χ1v) is 6.81. The molecule has 0 aliphatic rings. The number of nitrogens with one attached hydrogen (secondary N) is 2. The number of fused-ring (bicyclic) bond motifs is 1. The van der Waals surface area contributed by atoms with E-state index in [4.69, 9.17) is 0 Å². The number of hydrogen-bond donors (Lipinski definition) is 3. The van der Waals surface area contributed by atoms with Crippen molar-refractivity contribution in [1.29, 1.82) is 0 Å². The smallest absolute Gasteiger partial charge is 0.115 e. The monoisotopic (exact) mass is 266 g/mol. The van der Waals surface area contributed by atoms with Crippen LogP contribution in [0.1, 0.15) is 24.1 Å². The van der Waals surface area contributed by atoms with Crippen molar-refractivity contribution in [1.82, 2.24) is 10.3 Å². The number of phenols is 1. The third kappa shape index (κ3) is 2.53. The second-order valence-corrected chi connectivity index (χ2v) is 5.06. The maximum Gasteiger partial charge on any atom is 0.115 e. The van der Waals surface area contributed by atoms with Gasteiger partial charge in [-0.2, -0.15) is 0 Å². The Morgan fingerprint density at radius 2 is 2.00 bits per heavy atom. The number of benzene rings is 2. The van der Waals surface area contributed by atoms with E-state index in [0.29, 0.717) is 5.75 Å². The fourth-order valence-corrected chi connectivity index (χ4v) is 2.45. The molecule has 3 aromatic rings. The van der Waals surface area contributed by atoms with Gasteiger partial charge in [-0.25, -0.2) is 0 Å². The first-order valence-electron chi connectivity index (χ1n) is 6.81. The Labute approximate surface area is 118 Å². The van der Waals surface area contributed by atoms with E-state index in [9.17, 15) is 5.11 Å². The number of hydrogen-bond acceptors (Lipinski definition) is 2. The summed E-state index contributed by atoms with van der Waals surface area (Å²) in [6, 6.07) is 15.9. The minimum absolute atomic E-state index is 0.191. The summed E-state index contributed by atoms with van der Waals surface area (Å²) in [5, 5.41) is 14.3. The van der Waals surface area contributed by atoms with Crippen LogP contribution in [-0.2, 0) is 6.54 Å². The lowest BCUT2D eigenvalue weighted by molar-refractivity contribution is 0.472. The van der Waals surface area contributed by atoms with E-state index < -0.39 is 0 Å². The summed E-state index contributed by atoms with van der Waals surface area (Å²) in [6.45, 7) is 2.89. The Kier molecular flexibility index (Phi) is 3.44. The molecule has 0 amide bonds. The van der Waals surface area contributed by atoms with Crippen molar-refractivity contribution < 1.29 is 5.11 Å². The van der Waals surface area contributed by atoms with E-state index >= 15 is 0 Å². The fourth-order valence-electron chi connectivity index (χ4n) is 2.45. The van der Waals surface area contributed by atoms with Crippen LogP contribution in [0.25, 0.3) is 10.9 Å². The summed E-state index contributed by atoms with van der Waals surface area (Å²) in [5.74, 6) is 0.309. The van der Waals surface area contributed by atoms with Crippen LogP contribution in [0, 0.1) is 0 Å². The molecular formula is C17H18N2O. The zero-order valence-corrected chi connectivity index (χ0v) is 11.4. The van der Waals surface area contributed by atoms with Crippen LogP contribution in [0.2, 0.25) is 0 Å². The number of aromatic hydroxyl groups is 1. The quantitative estimate of drug-likeness (QED) is 0.674. The van der Waals surface area contributed by atoms with Crippen LogP contribution in [0.3, 0.4) is 0 Å². The van der Waals surface area contributed by atoms with E-state index in [1.165, 1.54) is 10.9 Å². The molecule has 0 saturated heterocycles. The van der Waals surface area contributed by atoms with Gasteiger partial charge in [-0.15, -0.1) is 0 Å². The molecule has 0 aliphatic carbocycles. The molecule has 3 nitrogen and oxygen atoms in total. The summed E-state index contributed by atoms with van der Waals surface area (Å²) in [6.07, 6.45) is 2.05. The van der Waals surface area contributed by atoms with Gasteiger partial charge in [0, 0.05) is 29.7 Å². The first kappa shape index (κ1) is 12.8. The van der Waals surface area contributed by atoms with Gasteiger partial charge in [-0.05, 0) is 36.2 Å². The van der Waals surface area contributed by atoms with Crippen molar-refractivity contribution in [2.24, 2.45) is 0 Å². The minimum atomic E-state index is 0.191. The van der Waals surface area contributed by atoms with Gasteiger partial charge in [-0.1, -0.05) is 30.3 Å². The number of phenolic OH excluding ortho intramolecular Hbond substituents is 1. The van der Waals surface area contributed by atoms with Crippen LogP contribution in [-0.4, -0.2) is 10.1 Å².